The fraction of sp³-hybridized carbons (Fsp3) is 0.360. The van der Waals surface area contributed by atoms with Crippen LogP contribution in [0.25, 0.3) is 0 Å². The number of para-hydroxylation sites is 1. The number of nitrogens with zero attached hydrogens (tertiary/aromatic N) is 2. The molecule has 3 heterocycles. The highest BCUT2D eigenvalue weighted by molar-refractivity contribution is 7.12. The molecule has 1 aromatic carbocycles. The van der Waals surface area contributed by atoms with Crippen LogP contribution in [0.2, 0.25) is 0 Å². The molecule has 1 amide bonds. The van der Waals surface area contributed by atoms with Crippen LogP contribution in [0.15, 0.2) is 60.1 Å². The van der Waals surface area contributed by atoms with Crippen LogP contribution in [-0.2, 0) is 6.54 Å². The van der Waals surface area contributed by atoms with Gasteiger partial charge >= 0.3 is 0 Å². The fourth-order valence-corrected chi connectivity index (χ4v) is 5.12. The minimum absolute atomic E-state index is 0.0249. The molecule has 1 N–H and O–H groups in total. The van der Waals surface area contributed by atoms with Crippen LogP contribution >= 0.6 is 11.3 Å². The molecule has 2 atom stereocenters. The van der Waals surface area contributed by atoms with E-state index in [1.54, 1.807) is 13.3 Å². The lowest BCUT2D eigenvalue weighted by molar-refractivity contribution is 0.0878. The number of benzene rings is 1. The third kappa shape index (κ3) is 5.14. The van der Waals surface area contributed by atoms with Gasteiger partial charge in [0, 0.05) is 24.8 Å². The van der Waals surface area contributed by atoms with Crippen LogP contribution in [0.1, 0.15) is 45.4 Å². The van der Waals surface area contributed by atoms with E-state index in [1.807, 2.05) is 35.7 Å². The summed E-state index contributed by atoms with van der Waals surface area (Å²) in [6.07, 6.45) is 3.96. The summed E-state index contributed by atoms with van der Waals surface area (Å²) in [6.45, 7) is 4.87. The number of piperidine rings is 1. The highest BCUT2D eigenvalue weighted by Gasteiger charge is 2.31. The smallest absolute Gasteiger partial charge is 0.261 e. The molecule has 1 aliphatic heterocycles. The third-order valence-electron chi connectivity index (χ3n) is 5.94. The van der Waals surface area contributed by atoms with Gasteiger partial charge in [-0.2, -0.15) is 0 Å². The molecule has 1 fully saturated rings. The van der Waals surface area contributed by atoms with Gasteiger partial charge in [0.2, 0.25) is 0 Å². The molecular weight excluding hydrogens is 406 g/mol. The molecule has 0 unspecified atom stereocenters. The zero-order valence-corrected chi connectivity index (χ0v) is 18.9. The maximum absolute atomic E-state index is 12.9. The molecule has 0 radical (unpaired) electrons. The number of thiophene rings is 1. The maximum atomic E-state index is 12.9. The van der Waals surface area contributed by atoms with Crippen molar-refractivity contribution in [2.75, 3.05) is 20.2 Å². The average molecular weight is 436 g/mol. The van der Waals surface area contributed by atoms with E-state index in [0.717, 1.165) is 54.4 Å². The number of ether oxygens (including phenoxy) is 1. The number of methoxy groups -OCH3 is 1. The summed E-state index contributed by atoms with van der Waals surface area (Å²) in [6, 6.07) is 15.9. The van der Waals surface area contributed by atoms with E-state index in [1.165, 1.54) is 16.9 Å². The summed E-state index contributed by atoms with van der Waals surface area (Å²) >= 11 is 1.47. The van der Waals surface area contributed by atoms with Gasteiger partial charge in [-0.05, 0) is 61.4 Å². The van der Waals surface area contributed by atoms with Crippen molar-refractivity contribution in [3.8, 4) is 5.75 Å². The first-order valence-electron chi connectivity index (χ1n) is 10.8. The lowest BCUT2D eigenvalue weighted by Gasteiger charge is -2.37. The average Bonchev–Trinajstić information content (AvgIpc) is 3.33. The minimum Gasteiger partial charge on any atom is -0.496 e. The van der Waals surface area contributed by atoms with Crippen molar-refractivity contribution in [2.45, 2.75) is 32.4 Å². The van der Waals surface area contributed by atoms with E-state index >= 15 is 0 Å². The Kier molecular flexibility index (Phi) is 6.99. The second kappa shape index (κ2) is 10.1. The Balaban J connectivity index is 1.53. The Morgan fingerprint density at radius 3 is 2.90 bits per heavy atom. The van der Waals surface area contributed by atoms with Gasteiger partial charge in [-0.25, -0.2) is 0 Å². The monoisotopic (exact) mass is 435 g/mol. The molecular formula is C25H29N3O2S. The zero-order chi connectivity index (χ0) is 21.6. The Labute approximate surface area is 188 Å². The maximum Gasteiger partial charge on any atom is 0.261 e. The van der Waals surface area contributed by atoms with Gasteiger partial charge in [0.15, 0.2) is 0 Å². The quantitative estimate of drug-likeness (QED) is 0.577. The summed E-state index contributed by atoms with van der Waals surface area (Å²) < 4.78 is 5.66. The molecule has 1 saturated heterocycles. The van der Waals surface area contributed by atoms with Crippen LogP contribution in [-0.4, -0.2) is 36.0 Å². The SMILES string of the molecule is COc1c(C)cccc1CN1CCC[C@@H]([C@H](NC(=O)c2cccs2)c2ccccn2)C1. The second-order valence-corrected chi connectivity index (χ2v) is 9.04. The van der Waals surface area contributed by atoms with Crippen molar-refractivity contribution in [1.82, 2.24) is 15.2 Å². The van der Waals surface area contributed by atoms with Crippen molar-refractivity contribution in [1.29, 1.82) is 0 Å². The predicted molar refractivity (Wildman–Crippen MR) is 124 cm³/mol. The van der Waals surface area contributed by atoms with Crippen LogP contribution in [0, 0.1) is 12.8 Å². The molecule has 0 bridgehead atoms. The van der Waals surface area contributed by atoms with Gasteiger partial charge in [-0.15, -0.1) is 11.3 Å². The number of aryl methyl sites for hydroxylation is 1. The minimum atomic E-state index is -0.113. The zero-order valence-electron chi connectivity index (χ0n) is 18.1. The summed E-state index contributed by atoms with van der Waals surface area (Å²) in [7, 11) is 1.74. The number of rotatable bonds is 7. The van der Waals surface area contributed by atoms with E-state index < -0.39 is 0 Å². The summed E-state index contributed by atoms with van der Waals surface area (Å²) in [5, 5.41) is 5.21. The Hall–Kier alpha value is -2.70. The van der Waals surface area contributed by atoms with E-state index in [9.17, 15) is 4.79 Å². The second-order valence-electron chi connectivity index (χ2n) is 8.09. The van der Waals surface area contributed by atoms with Crippen molar-refractivity contribution in [3.05, 3.63) is 81.8 Å². The number of hydrogen-bond acceptors (Lipinski definition) is 5. The number of likely N-dealkylation sites (tertiary alicyclic amines) is 1. The van der Waals surface area contributed by atoms with Gasteiger partial charge < -0.3 is 10.1 Å². The normalized spacial score (nSPS) is 17.8. The Morgan fingerprint density at radius 1 is 1.26 bits per heavy atom. The molecule has 1 aliphatic rings. The molecule has 162 valence electrons. The van der Waals surface area contributed by atoms with Crippen LogP contribution in [0.5, 0.6) is 5.75 Å². The fourth-order valence-electron chi connectivity index (χ4n) is 4.49. The van der Waals surface area contributed by atoms with Crippen molar-refractivity contribution in [2.24, 2.45) is 5.92 Å². The summed E-state index contributed by atoms with van der Waals surface area (Å²) in [5.74, 6) is 1.24. The number of nitrogens with one attached hydrogen (secondary N) is 1. The highest BCUT2D eigenvalue weighted by Crippen LogP contribution is 2.32. The first-order chi connectivity index (χ1) is 15.2. The molecule has 31 heavy (non-hydrogen) atoms. The van der Waals surface area contributed by atoms with Crippen LogP contribution < -0.4 is 10.1 Å². The number of amides is 1. The number of carbonyl (C=O) groups is 1. The Morgan fingerprint density at radius 2 is 2.16 bits per heavy atom. The topological polar surface area (TPSA) is 54.5 Å². The van der Waals surface area contributed by atoms with Gasteiger partial charge in [0.25, 0.3) is 5.91 Å². The van der Waals surface area contributed by atoms with Gasteiger partial charge in [0.05, 0.1) is 23.7 Å². The molecule has 3 aromatic rings. The van der Waals surface area contributed by atoms with Gasteiger partial charge in [-0.1, -0.05) is 30.3 Å². The third-order valence-corrected chi connectivity index (χ3v) is 6.81. The van der Waals surface area contributed by atoms with Crippen LogP contribution in [0.4, 0.5) is 0 Å². The summed E-state index contributed by atoms with van der Waals surface area (Å²) in [5.41, 5.74) is 3.29. The number of carbonyl (C=O) groups excluding carboxylic acids is 1. The van der Waals surface area contributed by atoms with E-state index in [2.05, 4.69) is 40.3 Å². The molecule has 0 saturated carbocycles. The Bertz CT molecular complexity index is 991. The molecule has 0 aliphatic carbocycles. The van der Waals surface area contributed by atoms with E-state index in [0.29, 0.717) is 5.92 Å². The number of hydrogen-bond donors (Lipinski definition) is 1. The van der Waals surface area contributed by atoms with Crippen molar-refractivity contribution >= 4 is 17.2 Å². The first kappa shape index (κ1) is 21.5. The first-order valence-corrected chi connectivity index (χ1v) is 11.6. The lowest BCUT2D eigenvalue weighted by Crippen LogP contribution is -2.43. The van der Waals surface area contributed by atoms with E-state index in [-0.39, 0.29) is 11.9 Å². The molecule has 4 rings (SSSR count). The van der Waals surface area contributed by atoms with Gasteiger partial charge in [0.1, 0.15) is 5.75 Å². The van der Waals surface area contributed by atoms with E-state index in [4.69, 9.17) is 4.74 Å². The predicted octanol–water partition coefficient (Wildman–Crippen LogP) is 4.84. The number of aromatic nitrogens is 1. The summed E-state index contributed by atoms with van der Waals surface area (Å²) in [4.78, 5) is 20.7. The van der Waals surface area contributed by atoms with Crippen LogP contribution in [0.3, 0.4) is 0 Å². The largest absolute Gasteiger partial charge is 0.496 e. The van der Waals surface area contributed by atoms with Crippen molar-refractivity contribution < 1.29 is 9.53 Å². The molecule has 2 aromatic heterocycles. The molecule has 5 nitrogen and oxygen atoms in total. The lowest BCUT2D eigenvalue weighted by atomic mass is 9.88. The van der Waals surface area contributed by atoms with Gasteiger partial charge in [-0.3, -0.25) is 14.7 Å². The standard InChI is InChI=1S/C25H29N3O2S/c1-18-8-5-9-20(24(18)30-2)17-28-14-6-10-19(16-28)23(21-11-3-4-13-26-21)27-25(29)22-12-7-15-31-22/h3-5,7-9,11-13,15,19,23H,6,10,14,16-17H2,1-2H3,(H,27,29)/t19-,23+/m1/s1. The molecule has 0 spiro atoms. The number of pyridine rings is 1. The molecule has 6 heteroatoms. The van der Waals surface area contributed by atoms with Crippen molar-refractivity contribution in [3.63, 3.8) is 0 Å². The highest BCUT2D eigenvalue weighted by atomic mass is 32.1.